The van der Waals surface area contributed by atoms with E-state index in [1.54, 1.807) is 87.5 Å². The fourth-order valence-electron chi connectivity index (χ4n) is 7.64. The van der Waals surface area contributed by atoms with Gasteiger partial charge in [-0.2, -0.15) is 0 Å². The third-order valence-electron chi connectivity index (χ3n) is 11.4. The standard InChI is InChI=1S/C52H44O14/c1-27(53)38-20-43(48-26-62-48)45(22-39(38)28(2)54)52(59)66-37-18-10-33(11-19-37)50(57)64-35-14-6-31(7-15-35)30-4-12-34(13-5-30)63-49(56)32-8-16-36(17-9-32)65-51(58)44-23-42(47-25-61-47)41(46-24-60-46)21-40(44)29(3)55/h4-23,27-29,46-48,53-55H,24-26H2,1-3H3. The highest BCUT2D eigenvalue weighted by atomic mass is 16.6. The highest BCUT2D eigenvalue weighted by Gasteiger charge is 2.37. The molecule has 3 aliphatic heterocycles. The summed E-state index contributed by atoms with van der Waals surface area (Å²) in [6, 6.07) is 32.3. The summed E-state index contributed by atoms with van der Waals surface area (Å²) in [5.74, 6) is -1.57. The van der Waals surface area contributed by atoms with Gasteiger partial charge in [-0.05, 0) is 162 Å². The minimum Gasteiger partial charge on any atom is -0.423 e. The number of hydrogen-bond acceptors (Lipinski definition) is 14. The molecule has 14 nitrogen and oxygen atoms in total. The molecule has 6 aromatic rings. The first-order chi connectivity index (χ1) is 31.8. The van der Waals surface area contributed by atoms with Crippen LogP contribution < -0.4 is 18.9 Å². The lowest BCUT2D eigenvalue weighted by Gasteiger charge is -2.18. The number of benzene rings is 6. The maximum absolute atomic E-state index is 13.3. The van der Waals surface area contributed by atoms with Gasteiger partial charge in [-0.25, -0.2) is 19.2 Å². The Morgan fingerprint density at radius 2 is 0.742 bits per heavy atom. The SMILES string of the molecule is CC(O)c1cc(C2CO2)c(C2CO2)cc1C(=O)Oc1ccc(C(=O)Oc2ccc(-c3ccc(OC(=O)c4ccc(OC(=O)c5cc(C(C)O)c(C(C)O)cc5C5CO5)cc4)cc3)cc2)cc1. The van der Waals surface area contributed by atoms with Crippen molar-refractivity contribution in [3.05, 3.63) is 177 Å². The molecule has 14 heteroatoms. The van der Waals surface area contributed by atoms with Crippen LogP contribution in [0.1, 0.15) is 132 Å². The second-order valence-corrected chi connectivity index (χ2v) is 16.3. The van der Waals surface area contributed by atoms with Gasteiger partial charge in [0.15, 0.2) is 0 Å². The Bertz CT molecular complexity index is 2630. The van der Waals surface area contributed by atoms with E-state index in [-0.39, 0.29) is 52.1 Å². The number of rotatable bonds is 15. The van der Waals surface area contributed by atoms with Gasteiger partial charge >= 0.3 is 23.9 Å². The predicted octanol–water partition coefficient (Wildman–Crippen LogP) is 8.60. The van der Waals surface area contributed by atoms with Crippen LogP contribution in [-0.2, 0) is 14.2 Å². The number of aliphatic hydroxyl groups is 3. The zero-order valence-electron chi connectivity index (χ0n) is 36.0. The van der Waals surface area contributed by atoms with Gasteiger partial charge in [0.25, 0.3) is 0 Å². The molecule has 0 bridgehead atoms. The van der Waals surface area contributed by atoms with E-state index in [1.165, 1.54) is 54.6 Å². The van der Waals surface area contributed by atoms with Crippen molar-refractivity contribution >= 4 is 23.9 Å². The van der Waals surface area contributed by atoms with Gasteiger partial charge < -0.3 is 48.5 Å². The monoisotopic (exact) mass is 892 g/mol. The topological polar surface area (TPSA) is 203 Å². The van der Waals surface area contributed by atoms with E-state index >= 15 is 0 Å². The molecule has 0 radical (unpaired) electrons. The maximum Gasteiger partial charge on any atom is 0.343 e. The van der Waals surface area contributed by atoms with Gasteiger partial charge in [-0.15, -0.1) is 0 Å². The van der Waals surface area contributed by atoms with Crippen molar-refractivity contribution in [2.45, 2.75) is 57.4 Å². The molecule has 336 valence electrons. The van der Waals surface area contributed by atoms with E-state index in [1.807, 2.05) is 0 Å². The highest BCUT2D eigenvalue weighted by Crippen LogP contribution is 2.43. The summed E-state index contributed by atoms with van der Waals surface area (Å²) in [7, 11) is 0. The van der Waals surface area contributed by atoms with Crippen molar-refractivity contribution in [2.75, 3.05) is 19.8 Å². The number of epoxide rings is 3. The first-order valence-electron chi connectivity index (χ1n) is 21.3. The lowest BCUT2D eigenvalue weighted by Crippen LogP contribution is -2.15. The summed E-state index contributed by atoms with van der Waals surface area (Å²) in [4.78, 5) is 52.6. The smallest absolute Gasteiger partial charge is 0.343 e. The Labute approximate surface area is 378 Å². The number of esters is 4. The molecule has 3 saturated heterocycles. The Hall–Kier alpha value is -7.04. The molecule has 3 N–H and O–H groups in total. The summed E-state index contributed by atoms with van der Waals surface area (Å²) >= 11 is 0. The molecule has 6 atom stereocenters. The molecule has 0 spiro atoms. The summed E-state index contributed by atoms with van der Waals surface area (Å²) in [5, 5.41) is 31.1. The van der Waals surface area contributed by atoms with Crippen LogP contribution in [0.25, 0.3) is 11.1 Å². The molecule has 0 saturated carbocycles. The first kappa shape index (κ1) is 44.2. The number of hydrogen-bond donors (Lipinski definition) is 3. The van der Waals surface area contributed by atoms with Crippen LogP contribution in [0.15, 0.2) is 121 Å². The average molecular weight is 893 g/mol. The molecular formula is C52H44O14. The Balaban J connectivity index is 0.774. The van der Waals surface area contributed by atoms with Crippen molar-refractivity contribution in [3.63, 3.8) is 0 Å². The third-order valence-corrected chi connectivity index (χ3v) is 11.4. The van der Waals surface area contributed by atoms with E-state index in [2.05, 4.69) is 0 Å². The van der Waals surface area contributed by atoms with Gasteiger partial charge in [0.05, 0.1) is 60.4 Å². The molecule has 0 aliphatic carbocycles. The largest absolute Gasteiger partial charge is 0.423 e. The third kappa shape index (κ3) is 9.94. The second-order valence-electron chi connectivity index (χ2n) is 16.3. The van der Waals surface area contributed by atoms with Crippen LogP contribution in [0.3, 0.4) is 0 Å². The first-order valence-corrected chi connectivity index (χ1v) is 21.3. The predicted molar refractivity (Wildman–Crippen MR) is 235 cm³/mol. The maximum atomic E-state index is 13.3. The van der Waals surface area contributed by atoms with E-state index in [9.17, 15) is 34.5 Å². The Kier molecular flexibility index (Phi) is 12.3. The Morgan fingerprint density at radius 1 is 0.424 bits per heavy atom. The van der Waals surface area contributed by atoms with Gasteiger partial charge in [0, 0.05) is 0 Å². The van der Waals surface area contributed by atoms with E-state index in [4.69, 9.17) is 33.2 Å². The summed E-state index contributed by atoms with van der Waals surface area (Å²) < 4.78 is 38.8. The van der Waals surface area contributed by atoms with Gasteiger partial charge in [0.2, 0.25) is 0 Å². The van der Waals surface area contributed by atoms with Gasteiger partial charge in [0.1, 0.15) is 41.3 Å². The zero-order valence-corrected chi connectivity index (χ0v) is 36.0. The fourth-order valence-corrected chi connectivity index (χ4v) is 7.64. The van der Waals surface area contributed by atoms with E-state index in [0.29, 0.717) is 53.6 Å². The molecule has 9 rings (SSSR count). The minimum atomic E-state index is -0.937. The molecule has 3 aliphatic rings. The Morgan fingerprint density at radius 3 is 1.14 bits per heavy atom. The molecule has 0 amide bonds. The number of carbonyl (C=O) groups is 4. The normalized spacial score (nSPS) is 18.3. The molecule has 66 heavy (non-hydrogen) atoms. The van der Waals surface area contributed by atoms with Crippen molar-refractivity contribution in [1.82, 2.24) is 0 Å². The molecule has 3 heterocycles. The van der Waals surface area contributed by atoms with Crippen LogP contribution in [0, 0.1) is 0 Å². The molecule has 0 aromatic heterocycles. The molecule has 6 unspecified atom stereocenters. The minimum absolute atomic E-state index is 0.0835. The lowest BCUT2D eigenvalue weighted by atomic mass is 9.92. The summed E-state index contributed by atoms with van der Waals surface area (Å²) in [5.41, 5.74) is 6.14. The van der Waals surface area contributed by atoms with Gasteiger partial charge in [-0.1, -0.05) is 24.3 Å². The lowest BCUT2D eigenvalue weighted by molar-refractivity contribution is 0.0717. The van der Waals surface area contributed by atoms with Crippen LogP contribution in [-0.4, -0.2) is 59.0 Å². The fraction of sp³-hybridized carbons (Fsp3) is 0.231. The van der Waals surface area contributed by atoms with Crippen molar-refractivity contribution in [1.29, 1.82) is 0 Å². The van der Waals surface area contributed by atoms with Crippen LogP contribution in [0.2, 0.25) is 0 Å². The number of aliphatic hydroxyl groups excluding tert-OH is 3. The molecular weight excluding hydrogens is 849 g/mol. The van der Waals surface area contributed by atoms with Crippen molar-refractivity contribution in [2.24, 2.45) is 0 Å². The highest BCUT2D eigenvalue weighted by molar-refractivity contribution is 5.95. The van der Waals surface area contributed by atoms with Crippen LogP contribution >= 0.6 is 0 Å². The van der Waals surface area contributed by atoms with E-state index < -0.39 is 42.2 Å². The quantitative estimate of drug-likeness (QED) is 0.0502. The molecule has 6 aromatic carbocycles. The number of carbonyl (C=O) groups excluding carboxylic acids is 4. The summed E-state index contributed by atoms with van der Waals surface area (Å²) in [6.45, 7) is 6.25. The van der Waals surface area contributed by atoms with Crippen molar-refractivity contribution in [3.8, 4) is 34.1 Å². The van der Waals surface area contributed by atoms with Gasteiger partial charge in [-0.3, -0.25) is 0 Å². The number of ether oxygens (including phenoxy) is 7. The van der Waals surface area contributed by atoms with Crippen molar-refractivity contribution < 1.29 is 67.7 Å². The summed E-state index contributed by atoms with van der Waals surface area (Å²) in [6.07, 6.45) is -3.26. The average Bonchev–Trinajstić information content (AvgIpc) is 4.14. The second kappa shape index (κ2) is 18.4. The van der Waals surface area contributed by atoms with E-state index in [0.717, 1.165) is 22.3 Å². The zero-order chi connectivity index (χ0) is 46.2. The van der Waals surface area contributed by atoms with Crippen LogP contribution in [0.5, 0.6) is 23.0 Å². The van der Waals surface area contributed by atoms with Crippen LogP contribution in [0.4, 0.5) is 0 Å². The molecule has 3 fully saturated rings.